The lowest BCUT2D eigenvalue weighted by atomic mass is 10.0. The van der Waals surface area contributed by atoms with E-state index >= 15 is 0 Å². The smallest absolute Gasteiger partial charge is 0.352 e. The lowest BCUT2D eigenvalue weighted by Crippen LogP contribution is -2.71. The van der Waals surface area contributed by atoms with E-state index in [0.717, 1.165) is 27.2 Å². The Balaban J connectivity index is 1.11. The summed E-state index contributed by atoms with van der Waals surface area (Å²) in [6.45, 7) is 0.559. The predicted octanol–water partition coefficient (Wildman–Crippen LogP) is 0.270. The molecule has 19 heteroatoms. The molecule has 1 saturated heterocycles. The number of anilines is 1. The number of aliphatic carboxylic acids is 1. The van der Waals surface area contributed by atoms with E-state index in [2.05, 4.69) is 29.9 Å². The number of nitrogens with zero attached hydrogens (tertiary/aromatic N) is 8. The zero-order valence-electron chi connectivity index (χ0n) is 20.6. The largest absolute Gasteiger partial charge is 0.477 e. The number of hydrogen-bond donors (Lipinski definition) is 4. The minimum atomic E-state index is -1.23. The molecule has 0 saturated carbocycles. The van der Waals surface area contributed by atoms with E-state index in [-0.39, 0.29) is 16.7 Å². The van der Waals surface area contributed by atoms with Gasteiger partial charge in [-0.25, -0.2) is 14.3 Å². The Morgan fingerprint density at radius 1 is 1.34 bits per heavy atom. The van der Waals surface area contributed by atoms with E-state index in [1.807, 2.05) is 34.5 Å². The van der Waals surface area contributed by atoms with Crippen LogP contribution >= 0.6 is 46.4 Å². The summed E-state index contributed by atoms with van der Waals surface area (Å²) in [7, 11) is 0. The summed E-state index contributed by atoms with van der Waals surface area (Å²) in [5, 5.41) is 30.3. The van der Waals surface area contributed by atoms with E-state index in [9.17, 15) is 24.7 Å². The molecule has 1 unspecified atom stereocenters. The van der Waals surface area contributed by atoms with Crippen molar-refractivity contribution in [3.05, 3.63) is 58.9 Å². The molecule has 0 bridgehead atoms. The fourth-order valence-electron chi connectivity index (χ4n) is 4.35. The number of amides is 2. The number of nitrogen functional groups attached to an aromatic ring is 1. The summed E-state index contributed by atoms with van der Waals surface area (Å²) in [4.78, 5) is 47.6. The molecule has 5 N–H and O–H groups in total. The van der Waals surface area contributed by atoms with Crippen LogP contribution in [0.15, 0.2) is 56.9 Å². The third-order valence-electron chi connectivity index (χ3n) is 6.18. The fourth-order valence-corrected chi connectivity index (χ4v) is 8.10. The lowest BCUT2D eigenvalue weighted by molar-refractivity contribution is -0.662. The second-order valence-corrected chi connectivity index (χ2v) is 12.6. The van der Waals surface area contributed by atoms with Gasteiger partial charge in [0.1, 0.15) is 29.9 Å². The first kappa shape index (κ1) is 27.1. The van der Waals surface area contributed by atoms with Gasteiger partial charge in [0.05, 0.1) is 11.9 Å². The molecule has 41 heavy (non-hydrogen) atoms. The highest BCUT2D eigenvalue weighted by Crippen LogP contribution is 2.41. The van der Waals surface area contributed by atoms with Gasteiger partial charge in [0.25, 0.3) is 11.8 Å². The number of oxime groups is 1. The first-order chi connectivity index (χ1) is 19.8. The Labute approximate surface area is 246 Å². The van der Waals surface area contributed by atoms with Gasteiger partial charge in [-0.05, 0) is 11.6 Å². The topological polar surface area (TPSA) is 205 Å². The molecule has 6 rings (SSSR count). The summed E-state index contributed by atoms with van der Waals surface area (Å²) >= 11 is 5.02. The number of carbonyl (C=O) groups excluding carboxylic acids is 2. The van der Waals surface area contributed by atoms with Crippen molar-refractivity contribution in [2.24, 2.45) is 5.16 Å². The Morgan fingerprint density at radius 2 is 2.20 bits per heavy atom. The number of nitrogens with one attached hydrogen (secondary N) is 1. The molecule has 0 spiro atoms. The monoisotopic (exact) mass is 631 g/mol. The maximum absolute atomic E-state index is 13.0. The Morgan fingerprint density at radius 3 is 2.95 bits per heavy atom. The third kappa shape index (κ3) is 5.11. The van der Waals surface area contributed by atoms with E-state index in [0.29, 0.717) is 23.6 Å². The number of carbonyl (C=O) groups is 3. The number of fused-ring (bicyclic) bond motifs is 2. The molecule has 210 valence electrons. The predicted molar refractivity (Wildman–Crippen MR) is 150 cm³/mol. The molecule has 0 radical (unpaired) electrons. The number of β-lactam (4-membered cyclic amide) rings is 1. The molecule has 2 aliphatic rings. The summed E-state index contributed by atoms with van der Waals surface area (Å²) in [6, 6.07) is 2.82. The van der Waals surface area contributed by atoms with Crippen molar-refractivity contribution in [3.63, 3.8) is 0 Å². The number of carboxylic acid groups (broad SMARTS) is 1. The number of aromatic nitrogens is 6. The Hall–Kier alpha value is -4.07. The van der Waals surface area contributed by atoms with Crippen molar-refractivity contribution in [1.29, 1.82) is 0 Å². The molecular weight excluding hydrogens is 613 g/mol. The molecule has 2 amide bonds. The second-order valence-electron chi connectivity index (χ2n) is 8.67. The molecule has 4 aromatic rings. The highest BCUT2D eigenvalue weighted by molar-refractivity contribution is 8.01. The first-order valence-corrected chi connectivity index (χ1v) is 15.4. The van der Waals surface area contributed by atoms with Gasteiger partial charge in [-0.15, -0.1) is 27.6 Å². The quantitative estimate of drug-likeness (QED) is 0.0491. The molecule has 6 heterocycles. The molecular formula is C22H19N10O5S4+. The van der Waals surface area contributed by atoms with Crippen LogP contribution in [0.4, 0.5) is 5.13 Å². The van der Waals surface area contributed by atoms with Gasteiger partial charge in [-0.2, -0.15) is 9.36 Å². The number of imidazole rings is 1. The Bertz CT molecular complexity index is 1750. The van der Waals surface area contributed by atoms with Crippen LogP contribution in [-0.2, 0) is 20.9 Å². The summed E-state index contributed by atoms with van der Waals surface area (Å²) in [6.07, 6.45) is 5.51. The van der Waals surface area contributed by atoms with Crippen molar-refractivity contribution in [2.45, 2.75) is 22.3 Å². The summed E-state index contributed by atoms with van der Waals surface area (Å²) < 4.78 is 8.42. The third-order valence-corrected chi connectivity index (χ3v) is 10.2. The standard InChI is InChI=1S/C22H18N10O5S4/c23-21-27-16(29-41-21)13(28-37)17(33)26-14-18(34)32-15(20(35)36)10(7-38-19(14)32)8-39-22-25-11(9-40-22)6-30-4-5-31-12(30)2-1-3-24-31/h1-5,9,14,19H,6-8H2,(H4-,23,26,27,29,33,35,36,37)/p+1/t14-,19?/m1/s1. The van der Waals surface area contributed by atoms with Crippen LogP contribution in [0, 0.1) is 0 Å². The number of carboxylic acids is 1. The van der Waals surface area contributed by atoms with Crippen LogP contribution in [0.25, 0.3) is 5.65 Å². The average Bonchev–Trinajstić information content (AvgIpc) is 3.71. The maximum atomic E-state index is 13.0. The van der Waals surface area contributed by atoms with Crippen LogP contribution in [0.5, 0.6) is 0 Å². The zero-order valence-corrected chi connectivity index (χ0v) is 23.9. The van der Waals surface area contributed by atoms with E-state index in [1.54, 1.807) is 10.7 Å². The minimum absolute atomic E-state index is 0.0736. The van der Waals surface area contributed by atoms with Crippen LogP contribution in [0.3, 0.4) is 0 Å². The van der Waals surface area contributed by atoms with Crippen LogP contribution < -0.4 is 15.6 Å². The lowest BCUT2D eigenvalue weighted by Gasteiger charge is -2.49. The van der Waals surface area contributed by atoms with E-state index in [1.165, 1.54) is 39.8 Å². The van der Waals surface area contributed by atoms with Crippen LogP contribution in [0.1, 0.15) is 11.5 Å². The van der Waals surface area contributed by atoms with Crippen molar-refractivity contribution in [3.8, 4) is 0 Å². The SMILES string of the molecule is Nc1nc(/C(=N\O)C(=O)N[C@@H]2C(=O)N3C(C(=O)O)=C(CSc4nc(C[n+]5ccn6ncccc65)cs4)CSC23)ns1. The van der Waals surface area contributed by atoms with Crippen molar-refractivity contribution in [1.82, 2.24) is 34.2 Å². The van der Waals surface area contributed by atoms with Gasteiger partial charge >= 0.3 is 11.6 Å². The summed E-state index contributed by atoms with van der Waals surface area (Å²) in [5.41, 5.74) is 7.30. The van der Waals surface area contributed by atoms with Gasteiger partial charge in [0.15, 0.2) is 15.7 Å². The average molecular weight is 632 g/mol. The minimum Gasteiger partial charge on any atom is -0.477 e. The summed E-state index contributed by atoms with van der Waals surface area (Å²) in [5.74, 6) is -2.19. The van der Waals surface area contributed by atoms with Gasteiger partial charge in [-0.3, -0.25) is 14.5 Å². The van der Waals surface area contributed by atoms with Gasteiger partial charge in [-0.1, -0.05) is 22.0 Å². The normalized spacial score (nSPS) is 18.9. The molecule has 15 nitrogen and oxygen atoms in total. The van der Waals surface area contributed by atoms with Gasteiger partial charge < -0.3 is 21.4 Å². The van der Waals surface area contributed by atoms with E-state index < -0.39 is 34.9 Å². The Kier molecular flexibility index (Phi) is 7.32. The number of hydrogen-bond acceptors (Lipinski definition) is 14. The van der Waals surface area contributed by atoms with Crippen LogP contribution in [-0.4, -0.2) is 85.6 Å². The second kappa shape index (κ2) is 11.1. The molecule has 4 aromatic heterocycles. The van der Waals surface area contributed by atoms with Crippen molar-refractivity contribution < 1.29 is 29.3 Å². The maximum Gasteiger partial charge on any atom is 0.352 e. The first-order valence-electron chi connectivity index (χ1n) is 11.8. The molecule has 0 aliphatic carbocycles. The highest BCUT2D eigenvalue weighted by Gasteiger charge is 2.54. The zero-order chi connectivity index (χ0) is 28.7. The van der Waals surface area contributed by atoms with Gasteiger partial charge in [0.2, 0.25) is 11.5 Å². The number of thioether (sulfide) groups is 2. The van der Waals surface area contributed by atoms with Crippen LogP contribution in [0.2, 0.25) is 0 Å². The number of thiazole rings is 1. The fraction of sp³-hybridized carbons (Fsp3) is 0.227. The number of rotatable bonds is 9. The molecule has 2 aliphatic heterocycles. The van der Waals surface area contributed by atoms with E-state index in [4.69, 9.17) is 5.73 Å². The molecule has 0 aromatic carbocycles. The highest BCUT2D eigenvalue weighted by atomic mass is 32.2. The molecule has 1 fully saturated rings. The van der Waals surface area contributed by atoms with Crippen molar-refractivity contribution in [2.75, 3.05) is 17.2 Å². The molecule has 2 atom stereocenters. The van der Waals surface area contributed by atoms with Gasteiger partial charge in [0, 0.05) is 34.5 Å². The van der Waals surface area contributed by atoms with Crippen molar-refractivity contribution >= 4 is 80.7 Å². The number of nitrogens with two attached hydrogens (primary N) is 1.